The summed E-state index contributed by atoms with van der Waals surface area (Å²) in [6.07, 6.45) is 3.34. The predicted molar refractivity (Wildman–Crippen MR) is 112 cm³/mol. The van der Waals surface area contributed by atoms with Gasteiger partial charge >= 0.3 is 6.09 Å². The molecule has 0 aromatic heterocycles. The molecule has 0 spiro atoms. The number of nitrogens with zero attached hydrogens (tertiary/aromatic N) is 2. The fourth-order valence-corrected chi connectivity index (χ4v) is 5.22. The number of ether oxygens (including phenoxy) is 1. The lowest BCUT2D eigenvalue weighted by atomic mass is 9.76. The fraction of sp³-hybridized carbons (Fsp3) is 0.609. The maximum absolute atomic E-state index is 13.3. The summed E-state index contributed by atoms with van der Waals surface area (Å²) in [5.41, 5.74) is 2.94. The summed E-state index contributed by atoms with van der Waals surface area (Å²) >= 11 is 0. The first-order chi connectivity index (χ1) is 15.1. The molecule has 3 aliphatic rings. The first kappa shape index (κ1) is 21.6. The molecule has 1 aromatic carbocycles. The third-order valence-corrected chi connectivity index (χ3v) is 6.97. The molecule has 0 radical (unpaired) electrons. The molecular formula is C23H31N3O5. The molecule has 2 aliphatic heterocycles. The average molecular weight is 430 g/mol. The van der Waals surface area contributed by atoms with Gasteiger partial charge in [-0.05, 0) is 44.1 Å². The predicted octanol–water partition coefficient (Wildman–Crippen LogP) is 2.53. The topological polar surface area (TPSA) is 99.2 Å². The maximum atomic E-state index is 13.3. The second-order valence-electron chi connectivity index (χ2n) is 8.88. The lowest BCUT2D eigenvalue weighted by Crippen LogP contribution is -2.47. The number of rotatable bonds is 4. The highest BCUT2D eigenvalue weighted by Crippen LogP contribution is 2.36. The normalized spacial score (nSPS) is 28.4. The molecule has 168 valence electrons. The van der Waals surface area contributed by atoms with Crippen LogP contribution in [0.4, 0.5) is 4.79 Å². The monoisotopic (exact) mass is 429 g/mol. The van der Waals surface area contributed by atoms with Crippen molar-refractivity contribution in [2.45, 2.75) is 50.5 Å². The molecule has 0 unspecified atom stereocenters. The van der Waals surface area contributed by atoms with Gasteiger partial charge in [0.2, 0.25) is 11.8 Å². The molecular weight excluding hydrogens is 398 g/mol. The minimum atomic E-state index is -0.710. The van der Waals surface area contributed by atoms with E-state index in [2.05, 4.69) is 12.1 Å². The Morgan fingerprint density at radius 3 is 2.39 bits per heavy atom. The quantitative estimate of drug-likeness (QED) is 0.566. The highest BCUT2D eigenvalue weighted by atomic mass is 16.6. The van der Waals surface area contributed by atoms with Crippen LogP contribution >= 0.6 is 0 Å². The van der Waals surface area contributed by atoms with Crippen molar-refractivity contribution in [3.8, 4) is 0 Å². The number of benzene rings is 1. The average Bonchev–Trinajstić information content (AvgIpc) is 3.51. The van der Waals surface area contributed by atoms with E-state index in [0.717, 1.165) is 19.3 Å². The van der Waals surface area contributed by atoms with Crippen LogP contribution in [-0.4, -0.2) is 65.2 Å². The number of hydrogen-bond acceptors (Lipinski definition) is 5. The number of nitrogens with one attached hydrogen (secondary N) is 1. The van der Waals surface area contributed by atoms with E-state index in [1.54, 1.807) is 10.4 Å². The maximum Gasteiger partial charge on any atom is 0.410 e. The molecule has 31 heavy (non-hydrogen) atoms. The van der Waals surface area contributed by atoms with Crippen LogP contribution in [0.3, 0.4) is 0 Å². The van der Waals surface area contributed by atoms with E-state index in [0.29, 0.717) is 44.9 Å². The van der Waals surface area contributed by atoms with Crippen molar-refractivity contribution < 1.29 is 24.3 Å². The summed E-state index contributed by atoms with van der Waals surface area (Å²) in [6, 6.07) is 10.2. The standard InChI is InChI=1S/C23H31N3O5/c27-21(24-30)20-14-18(31-23(29)25-11-4-5-12-25)8-9-19(20)22(28)26-13-10-17(15-26)16-6-2-1-3-7-16/h1-3,6-7,17-20,30H,4-5,8-15H2,(H,24,27)/t17-,18+,19-,20-/m0/s1. The van der Waals surface area contributed by atoms with Crippen molar-refractivity contribution in [2.75, 3.05) is 26.2 Å². The summed E-state index contributed by atoms with van der Waals surface area (Å²) in [6.45, 7) is 2.70. The van der Waals surface area contributed by atoms with Crippen LogP contribution in [-0.2, 0) is 14.3 Å². The van der Waals surface area contributed by atoms with Gasteiger partial charge in [-0.3, -0.25) is 14.8 Å². The summed E-state index contributed by atoms with van der Waals surface area (Å²) in [4.78, 5) is 41.5. The van der Waals surface area contributed by atoms with Crippen molar-refractivity contribution in [2.24, 2.45) is 11.8 Å². The van der Waals surface area contributed by atoms with Crippen LogP contribution in [0.1, 0.15) is 50.0 Å². The molecule has 2 N–H and O–H groups in total. The van der Waals surface area contributed by atoms with Crippen LogP contribution in [0, 0.1) is 11.8 Å². The van der Waals surface area contributed by atoms with Gasteiger partial charge in [0, 0.05) is 32.1 Å². The van der Waals surface area contributed by atoms with E-state index >= 15 is 0 Å². The summed E-state index contributed by atoms with van der Waals surface area (Å²) in [5, 5.41) is 9.24. The lowest BCUT2D eigenvalue weighted by molar-refractivity contribution is -0.148. The number of carbonyl (C=O) groups excluding carboxylic acids is 3. The van der Waals surface area contributed by atoms with Gasteiger partial charge in [-0.25, -0.2) is 10.3 Å². The van der Waals surface area contributed by atoms with E-state index < -0.39 is 23.8 Å². The largest absolute Gasteiger partial charge is 0.446 e. The Hall–Kier alpha value is -2.61. The Kier molecular flexibility index (Phi) is 6.75. The van der Waals surface area contributed by atoms with E-state index in [1.165, 1.54) is 5.56 Å². The fourth-order valence-electron chi connectivity index (χ4n) is 5.22. The third kappa shape index (κ3) is 4.84. The number of likely N-dealkylation sites (tertiary alicyclic amines) is 2. The summed E-state index contributed by atoms with van der Waals surface area (Å²) in [5.74, 6) is -1.55. The highest BCUT2D eigenvalue weighted by molar-refractivity contribution is 5.87. The molecule has 3 amide bonds. The smallest absolute Gasteiger partial charge is 0.410 e. The molecule has 0 bridgehead atoms. The van der Waals surface area contributed by atoms with Gasteiger partial charge in [-0.2, -0.15) is 0 Å². The Morgan fingerprint density at radius 1 is 0.935 bits per heavy atom. The Labute approximate surface area is 182 Å². The van der Waals surface area contributed by atoms with Crippen molar-refractivity contribution in [1.29, 1.82) is 0 Å². The molecule has 1 aliphatic carbocycles. The molecule has 3 fully saturated rings. The lowest BCUT2D eigenvalue weighted by Gasteiger charge is -2.36. The second-order valence-corrected chi connectivity index (χ2v) is 8.88. The van der Waals surface area contributed by atoms with E-state index in [-0.39, 0.29) is 18.4 Å². The van der Waals surface area contributed by atoms with E-state index in [4.69, 9.17) is 4.74 Å². The molecule has 8 nitrogen and oxygen atoms in total. The zero-order valence-corrected chi connectivity index (χ0v) is 17.7. The van der Waals surface area contributed by atoms with Gasteiger partial charge < -0.3 is 14.5 Å². The third-order valence-electron chi connectivity index (χ3n) is 6.97. The number of hydroxylamine groups is 1. The van der Waals surface area contributed by atoms with Gasteiger partial charge in [-0.1, -0.05) is 30.3 Å². The van der Waals surface area contributed by atoms with E-state index in [1.807, 2.05) is 23.1 Å². The van der Waals surface area contributed by atoms with E-state index in [9.17, 15) is 19.6 Å². The number of amides is 3. The van der Waals surface area contributed by atoms with Gasteiger partial charge in [0.05, 0.1) is 11.8 Å². The van der Waals surface area contributed by atoms with Crippen LogP contribution in [0.2, 0.25) is 0 Å². The Balaban J connectivity index is 1.38. The van der Waals surface area contributed by atoms with Crippen LogP contribution < -0.4 is 5.48 Å². The van der Waals surface area contributed by atoms with Gasteiger partial charge in [0.25, 0.3) is 0 Å². The van der Waals surface area contributed by atoms with Crippen LogP contribution in [0.15, 0.2) is 30.3 Å². The number of hydrogen-bond donors (Lipinski definition) is 2. The molecule has 1 saturated carbocycles. The zero-order chi connectivity index (χ0) is 21.8. The van der Waals surface area contributed by atoms with Gasteiger partial charge in [0.1, 0.15) is 6.10 Å². The van der Waals surface area contributed by atoms with Crippen LogP contribution in [0.25, 0.3) is 0 Å². The number of carbonyl (C=O) groups is 3. The molecule has 1 aromatic rings. The minimum Gasteiger partial charge on any atom is -0.446 e. The van der Waals surface area contributed by atoms with Crippen molar-refractivity contribution in [3.63, 3.8) is 0 Å². The summed E-state index contributed by atoms with van der Waals surface area (Å²) < 4.78 is 5.63. The minimum absolute atomic E-state index is 0.0450. The van der Waals surface area contributed by atoms with Crippen molar-refractivity contribution >= 4 is 17.9 Å². The van der Waals surface area contributed by atoms with Gasteiger partial charge in [-0.15, -0.1) is 0 Å². The Morgan fingerprint density at radius 2 is 1.68 bits per heavy atom. The van der Waals surface area contributed by atoms with Crippen molar-refractivity contribution in [1.82, 2.24) is 15.3 Å². The molecule has 4 atom stereocenters. The molecule has 8 heteroatoms. The Bertz CT molecular complexity index is 796. The second kappa shape index (κ2) is 9.68. The first-order valence-corrected chi connectivity index (χ1v) is 11.3. The van der Waals surface area contributed by atoms with Crippen molar-refractivity contribution in [3.05, 3.63) is 35.9 Å². The first-order valence-electron chi connectivity index (χ1n) is 11.3. The summed E-state index contributed by atoms with van der Waals surface area (Å²) in [7, 11) is 0. The molecule has 2 saturated heterocycles. The van der Waals surface area contributed by atoms with Crippen LogP contribution in [0.5, 0.6) is 0 Å². The zero-order valence-electron chi connectivity index (χ0n) is 17.7. The molecule has 2 heterocycles. The van der Waals surface area contributed by atoms with Gasteiger partial charge in [0.15, 0.2) is 0 Å². The highest BCUT2D eigenvalue weighted by Gasteiger charge is 2.43. The molecule has 4 rings (SSSR count). The SMILES string of the molecule is O=C(NO)[C@H]1C[C@H](OC(=O)N2CCCC2)CC[C@@H]1C(=O)N1CC[C@H](c2ccccc2)C1.